The molecular formula is C17H18N4OS. The lowest BCUT2D eigenvalue weighted by Gasteiger charge is -2.26. The quantitative estimate of drug-likeness (QED) is 0.802. The van der Waals surface area contributed by atoms with E-state index in [1.807, 2.05) is 11.4 Å². The standard InChI is InChI=1S/C17H18N4OS/c18-17-19-14-5-10-23-16(14)15(20-17)13-3-1-12(2-4-13)11-21-6-8-22-9-7-21/h1-5,10H,6-9,11H2,(H2,18,19,20). The SMILES string of the molecule is Nc1nc(-c2ccc(CN3CCOCC3)cc2)c2sccc2n1. The number of hydrogen-bond donors (Lipinski definition) is 1. The number of nitrogens with two attached hydrogens (primary N) is 1. The van der Waals surface area contributed by atoms with Crippen LogP contribution in [0.4, 0.5) is 5.95 Å². The smallest absolute Gasteiger partial charge is 0.221 e. The average Bonchev–Trinajstić information content (AvgIpc) is 3.04. The fourth-order valence-corrected chi connectivity index (χ4v) is 3.71. The molecule has 1 aromatic carbocycles. The first-order valence-corrected chi connectivity index (χ1v) is 8.58. The van der Waals surface area contributed by atoms with Gasteiger partial charge in [-0.05, 0) is 17.0 Å². The molecule has 5 nitrogen and oxygen atoms in total. The van der Waals surface area contributed by atoms with Crippen LogP contribution in [-0.4, -0.2) is 41.2 Å². The van der Waals surface area contributed by atoms with Gasteiger partial charge >= 0.3 is 0 Å². The predicted molar refractivity (Wildman–Crippen MR) is 93.4 cm³/mol. The van der Waals surface area contributed by atoms with E-state index < -0.39 is 0 Å². The lowest BCUT2D eigenvalue weighted by Crippen LogP contribution is -2.35. The van der Waals surface area contributed by atoms with E-state index >= 15 is 0 Å². The molecule has 6 heteroatoms. The number of fused-ring (bicyclic) bond motifs is 1. The maximum absolute atomic E-state index is 5.84. The van der Waals surface area contributed by atoms with Crippen LogP contribution in [0.15, 0.2) is 35.7 Å². The second kappa shape index (κ2) is 6.23. The van der Waals surface area contributed by atoms with Crippen LogP contribution in [0.2, 0.25) is 0 Å². The molecular weight excluding hydrogens is 308 g/mol. The normalized spacial score (nSPS) is 16.0. The van der Waals surface area contributed by atoms with Gasteiger partial charge in [0, 0.05) is 25.2 Å². The van der Waals surface area contributed by atoms with Crippen molar-refractivity contribution in [1.82, 2.24) is 14.9 Å². The van der Waals surface area contributed by atoms with E-state index in [2.05, 4.69) is 39.1 Å². The van der Waals surface area contributed by atoms with E-state index in [1.54, 1.807) is 11.3 Å². The number of nitrogen functional groups attached to an aromatic ring is 1. The highest BCUT2D eigenvalue weighted by Gasteiger charge is 2.12. The molecule has 1 fully saturated rings. The zero-order valence-electron chi connectivity index (χ0n) is 12.7. The summed E-state index contributed by atoms with van der Waals surface area (Å²) in [6.45, 7) is 4.62. The van der Waals surface area contributed by atoms with Crippen molar-refractivity contribution in [1.29, 1.82) is 0 Å². The average molecular weight is 326 g/mol. The Bertz CT molecular complexity index is 809. The summed E-state index contributed by atoms with van der Waals surface area (Å²) < 4.78 is 6.48. The fourth-order valence-electron chi connectivity index (χ4n) is 2.86. The molecule has 2 N–H and O–H groups in total. The van der Waals surface area contributed by atoms with Crippen LogP contribution in [0.5, 0.6) is 0 Å². The number of anilines is 1. The number of rotatable bonds is 3. The summed E-state index contributed by atoms with van der Waals surface area (Å²) in [7, 11) is 0. The molecule has 0 aliphatic carbocycles. The Hall–Kier alpha value is -2.02. The molecule has 3 aromatic rings. The molecule has 3 heterocycles. The Morgan fingerprint density at radius 2 is 1.87 bits per heavy atom. The van der Waals surface area contributed by atoms with Gasteiger partial charge < -0.3 is 10.5 Å². The van der Waals surface area contributed by atoms with Crippen molar-refractivity contribution in [2.24, 2.45) is 0 Å². The van der Waals surface area contributed by atoms with E-state index in [4.69, 9.17) is 10.5 Å². The third kappa shape index (κ3) is 3.06. The first-order chi connectivity index (χ1) is 11.3. The fraction of sp³-hybridized carbons (Fsp3) is 0.294. The zero-order valence-corrected chi connectivity index (χ0v) is 13.6. The van der Waals surface area contributed by atoms with Gasteiger partial charge in [-0.15, -0.1) is 11.3 Å². The molecule has 1 saturated heterocycles. The molecule has 0 radical (unpaired) electrons. The highest BCUT2D eigenvalue weighted by Crippen LogP contribution is 2.30. The molecule has 0 unspecified atom stereocenters. The highest BCUT2D eigenvalue weighted by molar-refractivity contribution is 7.17. The summed E-state index contributed by atoms with van der Waals surface area (Å²) in [5, 5.41) is 2.02. The Balaban J connectivity index is 1.60. The number of morpholine rings is 1. The van der Waals surface area contributed by atoms with Gasteiger partial charge in [0.2, 0.25) is 5.95 Å². The maximum atomic E-state index is 5.84. The number of nitrogens with zero attached hydrogens (tertiary/aromatic N) is 3. The van der Waals surface area contributed by atoms with Crippen LogP contribution in [-0.2, 0) is 11.3 Å². The first-order valence-electron chi connectivity index (χ1n) is 7.70. The Morgan fingerprint density at radius 3 is 2.65 bits per heavy atom. The molecule has 0 bridgehead atoms. The molecule has 2 aromatic heterocycles. The van der Waals surface area contributed by atoms with Gasteiger partial charge in [-0.25, -0.2) is 9.97 Å². The Morgan fingerprint density at radius 1 is 1.09 bits per heavy atom. The molecule has 118 valence electrons. The summed E-state index contributed by atoms with van der Waals surface area (Å²) in [4.78, 5) is 11.1. The van der Waals surface area contributed by atoms with E-state index in [-0.39, 0.29) is 0 Å². The van der Waals surface area contributed by atoms with Gasteiger partial charge in [-0.2, -0.15) is 0 Å². The number of thiophene rings is 1. The Kier molecular flexibility index (Phi) is 3.95. The van der Waals surface area contributed by atoms with Gasteiger partial charge in [0.25, 0.3) is 0 Å². The third-order valence-electron chi connectivity index (χ3n) is 4.06. The van der Waals surface area contributed by atoms with Crippen LogP contribution >= 0.6 is 11.3 Å². The predicted octanol–water partition coefficient (Wildman–Crippen LogP) is 2.77. The van der Waals surface area contributed by atoms with E-state index in [0.29, 0.717) is 5.95 Å². The molecule has 0 amide bonds. The van der Waals surface area contributed by atoms with Gasteiger partial charge in [0.05, 0.1) is 29.1 Å². The first kappa shape index (κ1) is 14.6. The second-order valence-electron chi connectivity index (χ2n) is 5.65. The number of benzene rings is 1. The molecule has 4 rings (SSSR count). The lowest BCUT2D eigenvalue weighted by atomic mass is 10.1. The topological polar surface area (TPSA) is 64.3 Å². The van der Waals surface area contributed by atoms with Crippen LogP contribution < -0.4 is 5.73 Å². The van der Waals surface area contributed by atoms with E-state index in [9.17, 15) is 0 Å². The lowest BCUT2D eigenvalue weighted by molar-refractivity contribution is 0.0342. The number of ether oxygens (including phenoxy) is 1. The minimum atomic E-state index is 0.322. The van der Waals surface area contributed by atoms with Gasteiger partial charge in [-0.3, -0.25) is 4.90 Å². The molecule has 1 aliphatic heterocycles. The summed E-state index contributed by atoms with van der Waals surface area (Å²) in [6.07, 6.45) is 0. The van der Waals surface area contributed by atoms with Crippen LogP contribution in [0.25, 0.3) is 21.5 Å². The molecule has 23 heavy (non-hydrogen) atoms. The molecule has 0 saturated carbocycles. The van der Waals surface area contributed by atoms with Gasteiger partial charge in [-0.1, -0.05) is 24.3 Å². The Labute approximate surface area is 138 Å². The van der Waals surface area contributed by atoms with Crippen molar-refractivity contribution in [3.8, 4) is 11.3 Å². The van der Waals surface area contributed by atoms with Crippen molar-refractivity contribution in [2.75, 3.05) is 32.0 Å². The minimum Gasteiger partial charge on any atom is -0.379 e. The molecule has 0 spiro atoms. The van der Waals surface area contributed by atoms with Crippen molar-refractivity contribution in [2.45, 2.75) is 6.54 Å². The molecule has 1 aliphatic rings. The van der Waals surface area contributed by atoms with Gasteiger partial charge in [0.1, 0.15) is 0 Å². The number of aromatic nitrogens is 2. The van der Waals surface area contributed by atoms with E-state index in [1.165, 1.54) is 5.56 Å². The van der Waals surface area contributed by atoms with Crippen LogP contribution in [0, 0.1) is 0 Å². The van der Waals surface area contributed by atoms with Crippen molar-refractivity contribution in [3.05, 3.63) is 41.3 Å². The monoisotopic (exact) mass is 326 g/mol. The summed E-state index contributed by atoms with van der Waals surface area (Å²) in [6, 6.07) is 10.6. The summed E-state index contributed by atoms with van der Waals surface area (Å²) in [5.41, 5.74) is 10.1. The second-order valence-corrected chi connectivity index (χ2v) is 6.57. The van der Waals surface area contributed by atoms with Crippen molar-refractivity contribution in [3.63, 3.8) is 0 Å². The van der Waals surface area contributed by atoms with Crippen molar-refractivity contribution < 1.29 is 4.74 Å². The summed E-state index contributed by atoms with van der Waals surface area (Å²) >= 11 is 1.65. The molecule has 0 atom stereocenters. The van der Waals surface area contributed by atoms with Gasteiger partial charge in [0.15, 0.2) is 0 Å². The van der Waals surface area contributed by atoms with E-state index in [0.717, 1.165) is 54.3 Å². The van der Waals surface area contributed by atoms with Crippen molar-refractivity contribution >= 4 is 27.5 Å². The maximum Gasteiger partial charge on any atom is 0.221 e. The highest BCUT2D eigenvalue weighted by atomic mass is 32.1. The zero-order chi connectivity index (χ0) is 15.6. The minimum absolute atomic E-state index is 0.322. The number of hydrogen-bond acceptors (Lipinski definition) is 6. The summed E-state index contributed by atoms with van der Waals surface area (Å²) in [5.74, 6) is 0.322. The largest absolute Gasteiger partial charge is 0.379 e. The van der Waals surface area contributed by atoms with Crippen LogP contribution in [0.1, 0.15) is 5.56 Å². The third-order valence-corrected chi connectivity index (χ3v) is 4.97. The van der Waals surface area contributed by atoms with Crippen LogP contribution in [0.3, 0.4) is 0 Å².